The topological polar surface area (TPSA) is 144 Å². The lowest BCUT2D eigenvalue weighted by atomic mass is 10.0. The van der Waals surface area contributed by atoms with Gasteiger partial charge in [0.25, 0.3) is 5.91 Å². The number of amides is 1. The SMILES string of the molecule is CCOC(=O)c1c(C)nc2cccc(OC[C@@H](NC(=O)c3cc(O)cc(O)c3)C(C)C)c2c1N. The lowest BCUT2D eigenvalue weighted by molar-refractivity contribution is 0.0526. The minimum Gasteiger partial charge on any atom is -0.508 e. The lowest BCUT2D eigenvalue weighted by Gasteiger charge is -2.23. The first kappa shape index (κ1) is 24.6. The Morgan fingerprint density at radius 1 is 1.15 bits per heavy atom. The van der Waals surface area contributed by atoms with E-state index < -0.39 is 17.9 Å². The van der Waals surface area contributed by atoms with Crippen LogP contribution >= 0.6 is 0 Å². The molecule has 2 aromatic carbocycles. The van der Waals surface area contributed by atoms with Crippen molar-refractivity contribution >= 4 is 28.5 Å². The number of esters is 1. The number of aromatic nitrogens is 1. The Labute approximate surface area is 197 Å². The first-order chi connectivity index (χ1) is 16.1. The summed E-state index contributed by atoms with van der Waals surface area (Å²) in [6, 6.07) is 8.54. The van der Waals surface area contributed by atoms with Crippen LogP contribution in [-0.2, 0) is 4.74 Å². The van der Waals surface area contributed by atoms with Gasteiger partial charge in [0.2, 0.25) is 0 Å². The van der Waals surface area contributed by atoms with Crippen molar-refractivity contribution in [1.29, 1.82) is 0 Å². The van der Waals surface area contributed by atoms with Crippen LogP contribution in [0.15, 0.2) is 36.4 Å². The van der Waals surface area contributed by atoms with Crippen LogP contribution in [0.3, 0.4) is 0 Å². The molecule has 1 amide bonds. The van der Waals surface area contributed by atoms with Crippen molar-refractivity contribution in [3.05, 3.63) is 53.2 Å². The van der Waals surface area contributed by atoms with Crippen LogP contribution in [0.5, 0.6) is 17.2 Å². The second-order valence-electron chi connectivity index (χ2n) is 8.23. The van der Waals surface area contributed by atoms with Gasteiger partial charge >= 0.3 is 5.97 Å². The molecule has 5 N–H and O–H groups in total. The van der Waals surface area contributed by atoms with Gasteiger partial charge in [-0.05, 0) is 44.0 Å². The summed E-state index contributed by atoms with van der Waals surface area (Å²) in [6.45, 7) is 7.57. The third kappa shape index (κ3) is 5.31. The molecule has 0 aliphatic heterocycles. The maximum absolute atomic E-state index is 12.7. The van der Waals surface area contributed by atoms with Gasteiger partial charge in [0.1, 0.15) is 29.4 Å². The number of hydrogen-bond acceptors (Lipinski definition) is 8. The molecule has 9 nitrogen and oxygen atoms in total. The number of carbonyl (C=O) groups excluding carboxylic acids is 2. The smallest absolute Gasteiger partial charge is 0.342 e. The predicted molar refractivity (Wildman–Crippen MR) is 128 cm³/mol. The molecule has 180 valence electrons. The lowest BCUT2D eigenvalue weighted by Crippen LogP contribution is -2.42. The van der Waals surface area contributed by atoms with E-state index in [0.29, 0.717) is 22.3 Å². The number of pyridine rings is 1. The van der Waals surface area contributed by atoms with Crippen molar-refractivity contribution in [2.45, 2.75) is 33.7 Å². The third-order valence-electron chi connectivity index (χ3n) is 5.38. The van der Waals surface area contributed by atoms with Crippen LogP contribution in [0.25, 0.3) is 10.9 Å². The van der Waals surface area contributed by atoms with Crippen molar-refractivity contribution in [2.24, 2.45) is 5.92 Å². The summed E-state index contributed by atoms with van der Waals surface area (Å²) >= 11 is 0. The van der Waals surface area contributed by atoms with Gasteiger partial charge in [0.05, 0.1) is 34.9 Å². The van der Waals surface area contributed by atoms with E-state index in [9.17, 15) is 19.8 Å². The number of nitrogen functional groups attached to an aromatic ring is 1. The number of phenols is 2. The number of nitrogens with zero attached hydrogens (tertiary/aromatic N) is 1. The summed E-state index contributed by atoms with van der Waals surface area (Å²) in [4.78, 5) is 29.6. The second kappa shape index (κ2) is 10.3. The normalized spacial score (nSPS) is 11.9. The summed E-state index contributed by atoms with van der Waals surface area (Å²) in [5, 5.41) is 22.7. The Morgan fingerprint density at radius 2 is 1.82 bits per heavy atom. The van der Waals surface area contributed by atoms with Crippen molar-refractivity contribution < 1.29 is 29.3 Å². The summed E-state index contributed by atoms with van der Waals surface area (Å²) in [5.74, 6) is -1.03. The molecule has 0 fully saturated rings. The highest BCUT2D eigenvalue weighted by molar-refractivity contribution is 6.07. The molecule has 1 aromatic heterocycles. The Hall–Kier alpha value is -4.01. The average molecular weight is 468 g/mol. The molecule has 0 aliphatic rings. The molecule has 0 saturated carbocycles. The van der Waals surface area contributed by atoms with Gasteiger partial charge in [-0.3, -0.25) is 9.78 Å². The summed E-state index contributed by atoms with van der Waals surface area (Å²) < 4.78 is 11.2. The molecule has 9 heteroatoms. The predicted octanol–water partition coefficient (Wildman–Crippen LogP) is 3.55. The number of nitrogens with two attached hydrogens (primary N) is 1. The van der Waals surface area contributed by atoms with Gasteiger partial charge in [-0.15, -0.1) is 0 Å². The maximum Gasteiger partial charge on any atom is 0.342 e. The third-order valence-corrected chi connectivity index (χ3v) is 5.38. The zero-order valence-electron chi connectivity index (χ0n) is 19.6. The van der Waals surface area contributed by atoms with Crippen LogP contribution in [0.4, 0.5) is 5.69 Å². The molecule has 0 aliphatic carbocycles. The van der Waals surface area contributed by atoms with Crippen molar-refractivity contribution in [3.8, 4) is 17.2 Å². The summed E-state index contributed by atoms with van der Waals surface area (Å²) in [5.41, 5.74) is 7.93. The number of nitrogens with one attached hydrogen (secondary N) is 1. The zero-order chi connectivity index (χ0) is 25.0. The van der Waals surface area contributed by atoms with Crippen LogP contribution in [0.1, 0.15) is 47.2 Å². The molecular weight excluding hydrogens is 438 g/mol. The highest BCUT2D eigenvalue weighted by atomic mass is 16.5. The zero-order valence-corrected chi connectivity index (χ0v) is 19.6. The van der Waals surface area contributed by atoms with Crippen LogP contribution in [0.2, 0.25) is 0 Å². The molecule has 1 heterocycles. The summed E-state index contributed by atoms with van der Waals surface area (Å²) in [6.07, 6.45) is 0. The molecule has 0 bridgehead atoms. The van der Waals surface area contributed by atoms with E-state index in [1.165, 1.54) is 12.1 Å². The number of rotatable bonds is 8. The standard InChI is InChI=1S/C25H29N3O6/c1-5-33-25(32)21-14(4)27-18-7-6-8-20(22(18)23(21)26)34-12-19(13(2)3)28-24(31)15-9-16(29)11-17(30)10-15/h6-11,13,19,29-30H,5,12H2,1-4H3,(H2,26,27)(H,28,31)/t19-/m1/s1. The van der Waals surface area contributed by atoms with Gasteiger partial charge in [-0.2, -0.15) is 0 Å². The molecule has 3 rings (SSSR count). The molecule has 0 unspecified atom stereocenters. The van der Waals surface area contributed by atoms with Gasteiger partial charge in [-0.1, -0.05) is 19.9 Å². The summed E-state index contributed by atoms with van der Waals surface area (Å²) in [7, 11) is 0. The molecular formula is C25H29N3O6. The Morgan fingerprint density at radius 3 is 2.44 bits per heavy atom. The molecule has 1 atom stereocenters. The number of anilines is 1. The fourth-order valence-corrected chi connectivity index (χ4v) is 3.58. The Balaban J connectivity index is 1.88. The van der Waals surface area contributed by atoms with Crippen LogP contribution in [0, 0.1) is 12.8 Å². The molecule has 0 spiro atoms. The minimum atomic E-state index is -0.552. The first-order valence-corrected chi connectivity index (χ1v) is 10.9. The fraction of sp³-hybridized carbons (Fsp3) is 0.320. The molecule has 34 heavy (non-hydrogen) atoms. The van der Waals surface area contributed by atoms with Crippen LogP contribution in [-0.4, -0.2) is 46.3 Å². The van der Waals surface area contributed by atoms with Gasteiger partial charge in [0.15, 0.2) is 0 Å². The molecule has 0 saturated heterocycles. The van der Waals surface area contributed by atoms with Gasteiger partial charge < -0.3 is 30.7 Å². The molecule has 0 radical (unpaired) electrons. The minimum absolute atomic E-state index is 0.00218. The second-order valence-corrected chi connectivity index (χ2v) is 8.23. The number of phenolic OH excluding ortho intramolecular Hbond substituents is 2. The van der Waals surface area contributed by atoms with E-state index in [-0.39, 0.29) is 47.4 Å². The first-order valence-electron chi connectivity index (χ1n) is 10.9. The van der Waals surface area contributed by atoms with E-state index in [1.54, 1.807) is 32.0 Å². The van der Waals surface area contributed by atoms with Crippen molar-refractivity contribution in [2.75, 3.05) is 18.9 Å². The average Bonchev–Trinajstić information content (AvgIpc) is 2.75. The van der Waals surface area contributed by atoms with Crippen molar-refractivity contribution in [3.63, 3.8) is 0 Å². The van der Waals surface area contributed by atoms with Gasteiger partial charge in [-0.25, -0.2) is 4.79 Å². The highest BCUT2D eigenvalue weighted by Crippen LogP contribution is 2.34. The van der Waals surface area contributed by atoms with Crippen molar-refractivity contribution in [1.82, 2.24) is 10.3 Å². The number of fused-ring (bicyclic) bond motifs is 1. The van der Waals surface area contributed by atoms with E-state index >= 15 is 0 Å². The van der Waals surface area contributed by atoms with E-state index in [4.69, 9.17) is 15.2 Å². The highest BCUT2D eigenvalue weighted by Gasteiger charge is 2.23. The van der Waals surface area contributed by atoms with Gasteiger partial charge in [0, 0.05) is 11.6 Å². The number of benzene rings is 2. The number of carbonyl (C=O) groups is 2. The van der Waals surface area contributed by atoms with Crippen LogP contribution < -0.4 is 15.8 Å². The number of aryl methyl sites for hydroxylation is 1. The number of aromatic hydroxyl groups is 2. The van der Waals surface area contributed by atoms with E-state index in [0.717, 1.165) is 6.07 Å². The Kier molecular flexibility index (Phi) is 7.45. The quantitative estimate of drug-likeness (QED) is 0.368. The van der Waals surface area contributed by atoms with E-state index in [2.05, 4.69) is 10.3 Å². The monoisotopic (exact) mass is 467 g/mol. The fourth-order valence-electron chi connectivity index (χ4n) is 3.58. The Bertz CT molecular complexity index is 1200. The largest absolute Gasteiger partial charge is 0.508 e. The molecule has 3 aromatic rings. The number of hydrogen-bond donors (Lipinski definition) is 4. The van der Waals surface area contributed by atoms with E-state index in [1.807, 2.05) is 13.8 Å². The maximum atomic E-state index is 12.7. The number of ether oxygens (including phenoxy) is 2.